The van der Waals surface area contributed by atoms with Crippen LogP contribution in [0.1, 0.15) is 49.0 Å². The summed E-state index contributed by atoms with van der Waals surface area (Å²) >= 11 is 2.15. The first-order valence-electron chi connectivity index (χ1n) is 7.61. The van der Waals surface area contributed by atoms with Gasteiger partial charge >= 0.3 is 0 Å². The number of hydrogen-bond donors (Lipinski definition) is 2. The van der Waals surface area contributed by atoms with Crippen LogP contribution in [-0.4, -0.2) is 22.6 Å². The molecule has 0 saturated heterocycles. The molecule has 4 bridgehead atoms. The number of carbonyl (C=O) groups is 1. The van der Waals surface area contributed by atoms with Gasteiger partial charge in [0.2, 0.25) is 0 Å². The highest BCUT2D eigenvalue weighted by atomic mass is 127. The van der Waals surface area contributed by atoms with E-state index in [-0.39, 0.29) is 5.91 Å². The molecule has 4 aliphatic rings. The van der Waals surface area contributed by atoms with Gasteiger partial charge in [0.1, 0.15) is 5.69 Å². The highest BCUT2D eigenvalue weighted by Crippen LogP contribution is 2.59. The fourth-order valence-corrected chi connectivity index (χ4v) is 5.80. The molecule has 4 nitrogen and oxygen atoms in total. The zero-order chi connectivity index (χ0) is 13.7. The summed E-state index contributed by atoms with van der Waals surface area (Å²) in [4.78, 5) is 12.2. The number of carbonyl (C=O) groups excluding carboxylic acids is 1. The van der Waals surface area contributed by atoms with Crippen LogP contribution in [0.5, 0.6) is 0 Å². The maximum Gasteiger partial charge on any atom is 0.270 e. The molecule has 4 fully saturated rings. The zero-order valence-corrected chi connectivity index (χ0v) is 13.7. The largest absolute Gasteiger partial charge is 0.350 e. The Labute approximate surface area is 132 Å². The summed E-state index contributed by atoms with van der Waals surface area (Å²) in [6.45, 7) is 0.852. The summed E-state index contributed by atoms with van der Waals surface area (Å²) in [7, 11) is 0. The van der Waals surface area contributed by atoms with E-state index in [1.165, 1.54) is 38.5 Å². The van der Waals surface area contributed by atoms with Crippen LogP contribution in [0, 0.1) is 26.7 Å². The number of halogens is 1. The molecule has 0 aromatic carbocycles. The van der Waals surface area contributed by atoms with Gasteiger partial charge in [0.15, 0.2) is 0 Å². The number of aromatic nitrogens is 2. The van der Waals surface area contributed by atoms with Crippen molar-refractivity contribution in [1.82, 2.24) is 15.5 Å². The molecule has 108 valence electrons. The molecule has 5 heteroatoms. The second kappa shape index (κ2) is 4.71. The van der Waals surface area contributed by atoms with E-state index in [0.29, 0.717) is 11.1 Å². The summed E-state index contributed by atoms with van der Waals surface area (Å²) in [5.74, 6) is 2.81. The normalized spacial score (nSPS) is 38.1. The minimum atomic E-state index is 0.00245. The highest BCUT2D eigenvalue weighted by Gasteiger charge is 2.50. The fraction of sp³-hybridized carbons (Fsp3) is 0.733. The van der Waals surface area contributed by atoms with Crippen LogP contribution < -0.4 is 5.32 Å². The first kappa shape index (κ1) is 13.1. The van der Waals surface area contributed by atoms with E-state index in [4.69, 9.17) is 0 Å². The van der Waals surface area contributed by atoms with E-state index >= 15 is 0 Å². The van der Waals surface area contributed by atoms with Crippen molar-refractivity contribution in [3.05, 3.63) is 15.5 Å². The molecule has 1 aromatic rings. The molecule has 4 saturated carbocycles. The van der Waals surface area contributed by atoms with Gasteiger partial charge in [0, 0.05) is 6.54 Å². The van der Waals surface area contributed by atoms with E-state index in [0.717, 1.165) is 27.9 Å². The van der Waals surface area contributed by atoms with Crippen molar-refractivity contribution in [3.63, 3.8) is 0 Å². The number of amides is 1. The first-order valence-corrected chi connectivity index (χ1v) is 8.68. The molecule has 20 heavy (non-hydrogen) atoms. The van der Waals surface area contributed by atoms with Gasteiger partial charge in [0.25, 0.3) is 5.91 Å². The lowest BCUT2D eigenvalue weighted by atomic mass is 9.49. The molecular weight excluding hydrogens is 365 g/mol. The molecule has 5 rings (SSSR count). The Hall–Kier alpha value is -0.590. The van der Waals surface area contributed by atoms with Gasteiger partial charge in [-0.15, -0.1) is 0 Å². The topological polar surface area (TPSA) is 57.8 Å². The standard InChI is InChI=1S/C15H20IN3O/c16-12-7-18-19-13(12)14(20)17-8-15-4-9-1-10(5-15)3-11(2-9)6-15/h7,9-11H,1-6,8H2,(H,17,20)(H,18,19). The van der Waals surface area contributed by atoms with Gasteiger partial charge in [-0.2, -0.15) is 5.10 Å². The van der Waals surface area contributed by atoms with Gasteiger partial charge in [-0.3, -0.25) is 9.89 Å². The smallest absolute Gasteiger partial charge is 0.270 e. The van der Waals surface area contributed by atoms with Gasteiger partial charge in [-0.1, -0.05) is 0 Å². The second-order valence-electron chi connectivity index (χ2n) is 7.19. The third-order valence-corrected chi connectivity index (χ3v) is 6.43. The molecule has 2 N–H and O–H groups in total. The van der Waals surface area contributed by atoms with E-state index in [1.807, 2.05) is 0 Å². The number of nitrogens with zero attached hydrogens (tertiary/aromatic N) is 1. The summed E-state index contributed by atoms with van der Waals surface area (Å²) in [6, 6.07) is 0. The number of rotatable bonds is 3. The molecule has 1 amide bonds. The summed E-state index contributed by atoms with van der Waals surface area (Å²) in [5.41, 5.74) is 1.01. The maximum atomic E-state index is 12.2. The number of H-pyrrole nitrogens is 1. The molecule has 4 aliphatic carbocycles. The first-order chi connectivity index (χ1) is 9.63. The van der Waals surface area contributed by atoms with E-state index < -0.39 is 0 Å². The van der Waals surface area contributed by atoms with Crippen LogP contribution in [0.2, 0.25) is 0 Å². The average molecular weight is 385 g/mol. The van der Waals surface area contributed by atoms with E-state index in [2.05, 4.69) is 38.1 Å². The number of hydrogen-bond acceptors (Lipinski definition) is 2. The summed E-state index contributed by atoms with van der Waals surface area (Å²) < 4.78 is 0.894. The Balaban J connectivity index is 1.45. The fourth-order valence-electron chi connectivity index (χ4n) is 5.29. The lowest BCUT2D eigenvalue weighted by Gasteiger charge is -2.56. The minimum absolute atomic E-state index is 0.00245. The van der Waals surface area contributed by atoms with Crippen molar-refractivity contribution in [3.8, 4) is 0 Å². The molecule has 1 aromatic heterocycles. The van der Waals surface area contributed by atoms with Crippen LogP contribution >= 0.6 is 22.6 Å². The lowest BCUT2D eigenvalue weighted by Crippen LogP contribution is -2.51. The Bertz CT molecular complexity index is 504. The molecule has 0 unspecified atom stereocenters. The van der Waals surface area contributed by atoms with E-state index in [1.54, 1.807) is 6.20 Å². The SMILES string of the molecule is O=C(NCC12CC3CC(CC(C3)C1)C2)c1[nH]ncc1I. The van der Waals surface area contributed by atoms with Crippen molar-refractivity contribution in [2.45, 2.75) is 38.5 Å². The van der Waals surface area contributed by atoms with E-state index in [9.17, 15) is 4.79 Å². The molecule has 0 spiro atoms. The minimum Gasteiger partial charge on any atom is -0.350 e. The predicted octanol–water partition coefficient (Wildman–Crippen LogP) is 2.96. The van der Waals surface area contributed by atoms with Crippen LogP contribution in [0.3, 0.4) is 0 Å². The Morgan fingerprint density at radius 2 is 1.90 bits per heavy atom. The Kier molecular flexibility index (Phi) is 3.09. The quantitative estimate of drug-likeness (QED) is 0.787. The third-order valence-electron chi connectivity index (χ3n) is 5.61. The number of aromatic amines is 1. The molecule has 0 aliphatic heterocycles. The lowest BCUT2D eigenvalue weighted by molar-refractivity contribution is -0.0503. The average Bonchev–Trinajstić information content (AvgIpc) is 2.81. The van der Waals surface area contributed by atoms with Crippen molar-refractivity contribution >= 4 is 28.5 Å². The van der Waals surface area contributed by atoms with Crippen molar-refractivity contribution < 1.29 is 4.79 Å². The van der Waals surface area contributed by atoms with Crippen molar-refractivity contribution in [2.75, 3.05) is 6.54 Å². The van der Waals surface area contributed by atoms with Gasteiger partial charge in [0.05, 0.1) is 9.77 Å². The van der Waals surface area contributed by atoms with Crippen LogP contribution in [0.4, 0.5) is 0 Å². The van der Waals surface area contributed by atoms with Crippen LogP contribution in [-0.2, 0) is 0 Å². The molecule has 0 radical (unpaired) electrons. The second-order valence-corrected chi connectivity index (χ2v) is 8.36. The molecule has 0 atom stereocenters. The number of nitrogens with one attached hydrogen (secondary N) is 2. The van der Waals surface area contributed by atoms with Gasteiger partial charge in [-0.05, 0) is 84.3 Å². The molecule has 1 heterocycles. The summed E-state index contributed by atoms with van der Waals surface area (Å²) in [5, 5.41) is 9.89. The molecular formula is C15H20IN3O. The van der Waals surface area contributed by atoms with Crippen LogP contribution in [0.25, 0.3) is 0 Å². The van der Waals surface area contributed by atoms with Crippen LogP contribution in [0.15, 0.2) is 6.20 Å². The third kappa shape index (κ3) is 2.18. The van der Waals surface area contributed by atoms with Gasteiger partial charge in [-0.25, -0.2) is 0 Å². The Morgan fingerprint density at radius 1 is 1.30 bits per heavy atom. The predicted molar refractivity (Wildman–Crippen MR) is 84.2 cm³/mol. The maximum absolute atomic E-state index is 12.2. The van der Waals surface area contributed by atoms with Crippen molar-refractivity contribution in [1.29, 1.82) is 0 Å². The zero-order valence-electron chi connectivity index (χ0n) is 11.5. The monoisotopic (exact) mass is 385 g/mol. The summed E-state index contributed by atoms with van der Waals surface area (Å²) in [6.07, 6.45) is 10.0. The van der Waals surface area contributed by atoms with Crippen molar-refractivity contribution in [2.24, 2.45) is 23.2 Å². The highest BCUT2D eigenvalue weighted by molar-refractivity contribution is 14.1. The van der Waals surface area contributed by atoms with Gasteiger partial charge < -0.3 is 5.32 Å². The Morgan fingerprint density at radius 3 is 2.40 bits per heavy atom.